The van der Waals surface area contributed by atoms with Gasteiger partial charge in [0.15, 0.2) is 0 Å². The summed E-state index contributed by atoms with van der Waals surface area (Å²) in [6.07, 6.45) is 3.29. The second-order valence-electron chi connectivity index (χ2n) is 9.98. The van der Waals surface area contributed by atoms with Crippen molar-refractivity contribution in [3.05, 3.63) is 41.2 Å². The van der Waals surface area contributed by atoms with Crippen molar-refractivity contribution in [1.82, 2.24) is 19.9 Å². The van der Waals surface area contributed by atoms with Crippen molar-refractivity contribution < 1.29 is 18.3 Å². The Morgan fingerprint density at radius 3 is 2.33 bits per heavy atom. The predicted molar refractivity (Wildman–Crippen MR) is 142 cm³/mol. The third-order valence-electron chi connectivity index (χ3n) is 6.13. The van der Waals surface area contributed by atoms with Gasteiger partial charge in [-0.3, -0.25) is 9.62 Å². The second kappa shape index (κ2) is 13.3. The summed E-state index contributed by atoms with van der Waals surface area (Å²) in [4.78, 5) is 15.5. The molecule has 1 aromatic heterocycles. The average Bonchev–Trinajstić information content (AvgIpc) is 2.81. The lowest BCUT2D eigenvalue weighted by molar-refractivity contribution is 0.0384. The quantitative estimate of drug-likeness (QED) is 0.364. The Hall–Kier alpha value is -2.34. The molecule has 0 spiro atoms. The number of aliphatic hydroxyl groups excluding tert-OH is 1. The number of nitrogens with zero attached hydrogens (tertiary/aromatic N) is 4. The molecule has 1 saturated heterocycles. The molecule has 0 radical (unpaired) electrons. The van der Waals surface area contributed by atoms with Gasteiger partial charge >= 0.3 is 0 Å². The molecular formula is C25H40N6O4S. The highest BCUT2D eigenvalue weighted by molar-refractivity contribution is 7.91. The van der Waals surface area contributed by atoms with Crippen LogP contribution in [0.15, 0.2) is 24.3 Å². The minimum atomic E-state index is -3.55. The summed E-state index contributed by atoms with van der Waals surface area (Å²) in [5.74, 6) is 1.17. The molecule has 1 aromatic carbocycles. The van der Waals surface area contributed by atoms with Crippen molar-refractivity contribution in [2.24, 2.45) is 5.92 Å². The molecule has 0 saturated carbocycles. The van der Waals surface area contributed by atoms with Crippen LogP contribution in [0.4, 0.5) is 11.9 Å². The molecule has 1 aliphatic heterocycles. The van der Waals surface area contributed by atoms with Crippen molar-refractivity contribution >= 4 is 21.9 Å². The van der Waals surface area contributed by atoms with Crippen molar-refractivity contribution in [3.63, 3.8) is 0 Å². The first-order chi connectivity index (χ1) is 17.1. The zero-order valence-electron chi connectivity index (χ0n) is 21.8. The Balaban J connectivity index is 1.69. The van der Waals surface area contributed by atoms with Crippen molar-refractivity contribution in [2.75, 3.05) is 55.7 Å². The van der Waals surface area contributed by atoms with Gasteiger partial charge in [-0.1, -0.05) is 45.0 Å². The number of hydrogen-bond acceptors (Lipinski definition) is 9. The van der Waals surface area contributed by atoms with Gasteiger partial charge in [0.1, 0.15) is 5.82 Å². The normalized spacial score (nSPS) is 16.6. The second-order valence-corrected chi connectivity index (χ2v) is 11.7. The number of aliphatic hydroxyl groups is 1. The molecule has 11 heteroatoms. The Labute approximate surface area is 215 Å². The van der Waals surface area contributed by atoms with E-state index in [9.17, 15) is 13.5 Å². The van der Waals surface area contributed by atoms with Crippen LogP contribution < -0.4 is 10.0 Å². The molecule has 2 heterocycles. The highest BCUT2D eigenvalue weighted by Crippen LogP contribution is 2.21. The Morgan fingerprint density at radius 1 is 1.06 bits per heavy atom. The molecule has 0 aliphatic carbocycles. The first-order valence-corrected chi connectivity index (χ1v) is 14.5. The molecule has 3 N–H and O–H groups in total. The highest BCUT2D eigenvalue weighted by Gasteiger charge is 2.17. The van der Waals surface area contributed by atoms with E-state index in [4.69, 9.17) is 4.74 Å². The van der Waals surface area contributed by atoms with E-state index < -0.39 is 10.0 Å². The van der Waals surface area contributed by atoms with Crippen LogP contribution in [0.2, 0.25) is 0 Å². The molecule has 1 aliphatic rings. The molecule has 2 atom stereocenters. The lowest BCUT2D eigenvalue weighted by Gasteiger charge is -2.26. The number of ether oxygens (including phenoxy) is 1. The van der Waals surface area contributed by atoms with Crippen LogP contribution in [-0.2, 0) is 27.6 Å². The van der Waals surface area contributed by atoms with Crippen LogP contribution in [0.5, 0.6) is 0 Å². The summed E-state index contributed by atoms with van der Waals surface area (Å²) in [6, 6.07) is 8.37. The number of anilines is 2. The van der Waals surface area contributed by atoms with Crippen molar-refractivity contribution in [3.8, 4) is 0 Å². The van der Waals surface area contributed by atoms with E-state index in [2.05, 4.69) is 74.9 Å². The fourth-order valence-electron chi connectivity index (χ4n) is 4.23. The number of morpholine rings is 1. The summed E-state index contributed by atoms with van der Waals surface area (Å²) in [6.45, 7) is 10.8. The van der Waals surface area contributed by atoms with Gasteiger partial charge in [0.05, 0.1) is 32.1 Å². The smallest absolute Gasteiger partial charge is 0.241 e. The number of nitrogens with one attached hydrogen (secondary N) is 2. The van der Waals surface area contributed by atoms with Crippen LogP contribution in [0.25, 0.3) is 0 Å². The molecule has 10 nitrogen and oxygen atoms in total. The molecule has 1 unspecified atom stereocenters. The maximum absolute atomic E-state index is 11.8. The molecular weight excluding hydrogens is 480 g/mol. The van der Waals surface area contributed by atoms with Gasteiger partial charge < -0.3 is 15.2 Å². The predicted octanol–water partition coefficient (Wildman–Crippen LogP) is 2.28. The SMILES string of the molecule is CC(C)C[C@H](CO)Nc1nc(CC(C)c2ccc(CCN3CCOCC3)cc2)nc(NS(C)(=O)=O)n1. The number of sulfonamides is 1. The lowest BCUT2D eigenvalue weighted by Crippen LogP contribution is -2.37. The van der Waals surface area contributed by atoms with Crippen LogP contribution >= 0.6 is 0 Å². The average molecular weight is 521 g/mol. The van der Waals surface area contributed by atoms with Gasteiger partial charge in [-0.05, 0) is 35.8 Å². The highest BCUT2D eigenvalue weighted by atomic mass is 32.2. The molecule has 200 valence electrons. The molecule has 0 bridgehead atoms. The minimum Gasteiger partial charge on any atom is -0.394 e. The van der Waals surface area contributed by atoms with Crippen molar-refractivity contribution in [2.45, 2.75) is 52.0 Å². The first-order valence-electron chi connectivity index (χ1n) is 12.6. The molecule has 3 rings (SSSR count). The number of rotatable bonds is 13. The van der Waals surface area contributed by atoms with Gasteiger partial charge in [0.2, 0.25) is 21.9 Å². The van der Waals surface area contributed by atoms with Gasteiger partial charge in [-0.15, -0.1) is 0 Å². The Bertz CT molecular complexity index is 1060. The summed E-state index contributed by atoms with van der Waals surface area (Å²) in [5, 5.41) is 12.9. The van der Waals surface area contributed by atoms with Crippen LogP contribution in [0.1, 0.15) is 50.1 Å². The van der Waals surface area contributed by atoms with Gasteiger partial charge in [0.25, 0.3) is 0 Å². The monoisotopic (exact) mass is 520 g/mol. The van der Waals surface area contributed by atoms with E-state index in [1.165, 1.54) is 5.56 Å². The van der Waals surface area contributed by atoms with E-state index in [0.717, 1.165) is 57.5 Å². The van der Waals surface area contributed by atoms with Crippen LogP contribution in [0, 0.1) is 5.92 Å². The molecule has 36 heavy (non-hydrogen) atoms. The fourth-order valence-corrected chi connectivity index (χ4v) is 4.66. The van der Waals surface area contributed by atoms with Crippen LogP contribution in [-0.4, -0.2) is 85.1 Å². The van der Waals surface area contributed by atoms with E-state index >= 15 is 0 Å². The van der Waals surface area contributed by atoms with Crippen molar-refractivity contribution in [1.29, 1.82) is 0 Å². The number of aromatic nitrogens is 3. The standard InChI is InChI=1S/C25H40N6O4S/c1-18(2)15-22(17-32)26-24-27-23(28-25(29-24)30-36(4,33)34)16-19(3)21-7-5-20(6-8-21)9-10-31-11-13-35-14-12-31/h5-8,18-19,22,32H,9-17H2,1-4H3,(H2,26,27,28,29,30)/t19?,22-/m1/s1. The zero-order chi connectivity index (χ0) is 26.1. The van der Waals surface area contributed by atoms with E-state index in [1.54, 1.807) is 0 Å². The molecule has 1 fully saturated rings. The van der Waals surface area contributed by atoms with Gasteiger partial charge in [-0.25, -0.2) is 8.42 Å². The summed E-state index contributed by atoms with van der Waals surface area (Å²) < 4.78 is 31.4. The van der Waals surface area contributed by atoms with E-state index in [0.29, 0.717) is 18.2 Å². The zero-order valence-corrected chi connectivity index (χ0v) is 22.6. The minimum absolute atomic E-state index is 0.0307. The topological polar surface area (TPSA) is 130 Å². The van der Waals surface area contributed by atoms with Crippen LogP contribution in [0.3, 0.4) is 0 Å². The first kappa shape index (κ1) is 28.2. The summed E-state index contributed by atoms with van der Waals surface area (Å²) in [7, 11) is -3.55. The maximum Gasteiger partial charge on any atom is 0.241 e. The lowest BCUT2D eigenvalue weighted by atomic mass is 9.96. The summed E-state index contributed by atoms with van der Waals surface area (Å²) >= 11 is 0. The van der Waals surface area contributed by atoms with E-state index in [-0.39, 0.29) is 30.5 Å². The largest absolute Gasteiger partial charge is 0.394 e. The van der Waals surface area contributed by atoms with Gasteiger partial charge in [-0.2, -0.15) is 15.0 Å². The third kappa shape index (κ3) is 9.61. The van der Waals surface area contributed by atoms with Gasteiger partial charge in [0, 0.05) is 26.1 Å². The van der Waals surface area contributed by atoms with E-state index in [1.807, 2.05) is 0 Å². The Kier molecular flexibility index (Phi) is 10.4. The number of benzene rings is 1. The fraction of sp³-hybridized carbons (Fsp3) is 0.640. The molecule has 0 amide bonds. The maximum atomic E-state index is 11.8. The summed E-state index contributed by atoms with van der Waals surface area (Å²) in [5.41, 5.74) is 2.45. The molecule has 2 aromatic rings. The third-order valence-corrected chi connectivity index (χ3v) is 6.68. The number of hydrogen-bond donors (Lipinski definition) is 3. The Morgan fingerprint density at radius 2 is 1.72 bits per heavy atom.